The maximum atomic E-state index is 11.3. The quantitative estimate of drug-likeness (QED) is 0.530. The van der Waals surface area contributed by atoms with Crippen molar-refractivity contribution in [3.05, 3.63) is 12.2 Å². The first kappa shape index (κ1) is 14.2. The first-order valence-corrected chi connectivity index (χ1v) is 5.32. The molecule has 0 saturated heterocycles. The lowest BCUT2D eigenvalue weighted by atomic mass is 10.2. The molecule has 0 aromatic carbocycles. The van der Waals surface area contributed by atoms with Crippen LogP contribution in [0.15, 0.2) is 12.2 Å². The molecule has 0 radical (unpaired) electrons. The lowest BCUT2D eigenvalue weighted by Crippen LogP contribution is -2.26. The number of likely N-dealkylation sites (N-methyl/N-ethyl adjacent to an activating group) is 1. The first-order valence-electron chi connectivity index (χ1n) is 5.32. The smallest absolute Gasteiger partial charge is 0.330 e. The average Bonchev–Trinajstić information content (AvgIpc) is 2.00. The fourth-order valence-corrected chi connectivity index (χ4v) is 0.862. The zero-order valence-corrected chi connectivity index (χ0v) is 10.7. The van der Waals surface area contributed by atoms with Crippen LogP contribution in [0, 0.1) is 0 Å². The van der Waals surface area contributed by atoms with Gasteiger partial charge in [-0.15, -0.1) is 0 Å². The Hall–Kier alpha value is -0.830. The highest BCUT2D eigenvalue weighted by atomic mass is 16.6. The second-order valence-electron chi connectivity index (χ2n) is 4.97. The Morgan fingerprint density at radius 2 is 1.93 bits per heavy atom. The highest BCUT2D eigenvalue weighted by Gasteiger charge is 2.13. The molecule has 0 spiro atoms. The van der Waals surface area contributed by atoms with Gasteiger partial charge >= 0.3 is 5.97 Å². The normalized spacial score (nSPS) is 12.8. The molecule has 0 N–H and O–H groups in total. The van der Waals surface area contributed by atoms with Gasteiger partial charge in [-0.05, 0) is 41.7 Å². The van der Waals surface area contributed by atoms with Gasteiger partial charge in [0.05, 0.1) is 0 Å². The van der Waals surface area contributed by atoms with Crippen LogP contribution < -0.4 is 0 Å². The molecule has 0 aromatic rings. The monoisotopic (exact) mass is 213 g/mol. The second-order valence-corrected chi connectivity index (χ2v) is 4.97. The minimum Gasteiger partial charge on any atom is -0.457 e. The molecule has 3 nitrogen and oxygen atoms in total. The molecule has 0 fully saturated rings. The lowest BCUT2D eigenvalue weighted by Gasteiger charge is -2.19. The van der Waals surface area contributed by atoms with Crippen molar-refractivity contribution in [1.29, 1.82) is 0 Å². The maximum absolute atomic E-state index is 11.3. The Kier molecular flexibility index (Phi) is 5.58. The summed E-state index contributed by atoms with van der Waals surface area (Å²) >= 11 is 0. The van der Waals surface area contributed by atoms with Gasteiger partial charge in [0, 0.05) is 18.7 Å². The molecular weight excluding hydrogens is 190 g/mol. The predicted octanol–water partition coefficient (Wildman–Crippen LogP) is 2.22. The number of carbonyl (C=O) groups is 1. The molecule has 0 aromatic heterocycles. The summed E-state index contributed by atoms with van der Waals surface area (Å²) < 4.78 is 5.14. The lowest BCUT2D eigenvalue weighted by molar-refractivity contribution is -0.148. The van der Waals surface area contributed by atoms with Crippen LogP contribution in [-0.4, -0.2) is 36.1 Å². The molecule has 3 heteroatoms. The number of hydrogen-bond donors (Lipinski definition) is 0. The molecule has 0 saturated carbocycles. The molecule has 0 unspecified atom stereocenters. The number of carbonyl (C=O) groups excluding carboxylic acids is 1. The highest BCUT2D eigenvalue weighted by Crippen LogP contribution is 2.07. The fraction of sp³-hybridized carbons (Fsp3) is 0.750. The van der Waals surface area contributed by atoms with Gasteiger partial charge in [0.25, 0.3) is 0 Å². The van der Waals surface area contributed by atoms with Crippen molar-refractivity contribution < 1.29 is 9.53 Å². The summed E-state index contributed by atoms with van der Waals surface area (Å²) in [6, 6.07) is 0.480. The topological polar surface area (TPSA) is 29.5 Å². The van der Waals surface area contributed by atoms with Crippen molar-refractivity contribution >= 4 is 5.97 Å². The SMILES string of the molecule is CC(C)N(C)C/C=C/C(=O)OC(C)(C)C. The first-order chi connectivity index (χ1) is 6.72. The Morgan fingerprint density at radius 3 is 2.33 bits per heavy atom. The van der Waals surface area contributed by atoms with Gasteiger partial charge in [0.15, 0.2) is 0 Å². The molecule has 0 heterocycles. The summed E-state index contributed by atoms with van der Waals surface area (Å²) in [4.78, 5) is 13.4. The van der Waals surface area contributed by atoms with E-state index in [-0.39, 0.29) is 5.97 Å². The summed E-state index contributed by atoms with van der Waals surface area (Å²) in [7, 11) is 2.02. The fourth-order valence-electron chi connectivity index (χ4n) is 0.862. The van der Waals surface area contributed by atoms with Crippen LogP contribution in [0.5, 0.6) is 0 Å². The van der Waals surface area contributed by atoms with Crippen molar-refractivity contribution in [2.75, 3.05) is 13.6 Å². The summed E-state index contributed by atoms with van der Waals surface area (Å²) in [6.45, 7) is 10.6. The largest absolute Gasteiger partial charge is 0.457 e. The standard InChI is InChI=1S/C12H23NO2/c1-10(2)13(6)9-7-8-11(14)15-12(3,4)5/h7-8,10H,9H2,1-6H3/b8-7+. The molecule has 0 aliphatic carbocycles. The van der Waals surface area contributed by atoms with Crippen LogP contribution in [-0.2, 0) is 9.53 Å². The number of nitrogens with zero attached hydrogens (tertiary/aromatic N) is 1. The van der Waals surface area contributed by atoms with Crippen molar-refractivity contribution in [3.8, 4) is 0 Å². The van der Waals surface area contributed by atoms with E-state index < -0.39 is 5.60 Å². The minimum atomic E-state index is -0.411. The van der Waals surface area contributed by atoms with E-state index in [1.807, 2.05) is 33.9 Å². The Labute approximate surface area is 93.1 Å². The van der Waals surface area contributed by atoms with Crippen LogP contribution >= 0.6 is 0 Å². The maximum Gasteiger partial charge on any atom is 0.330 e. The van der Waals surface area contributed by atoms with Crippen LogP contribution in [0.25, 0.3) is 0 Å². The van der Waals surface area contributed by atoms with Gasteiger partial charge in [-0.2, -0.15) is 0 Å². The summed E-state index contributed by atoms with van der Waals surface area (Å²) in [5.74, 6) is -0.278. The van der Waals surface area contributed by atoms with E-state index in [1.165, 1.54) is 6.08 Å². The van der Waals surface area contributed by atoms with Gasteiger partial charge in [-0.1, -0.05) is 6.08 Å². The molecular formula is C12H23NO2. The number of hydrogen-bond acceptors (Lipinski definition) is 3. The van der Waals surface area contributed by atoms with Gasteiger partial charge in [-0.25, -0.2) is 4.79 Å². The van der Waals surface area contributed by atoms with Crippen molar-refractivity contribution in [2.24, 2.45) is 0 Å². The molecule has 15 heavy (non-hydrogen) atoms. The van der Waals surface area contributed by atoms with E-state index in [0.29, 0.717) is 6.04 Å². The van der Waals surface area contributed by atoms with Gasteiger partial charge in [0.2, 0.25) is 0 Å². The van der Waals surface area contributed by atoms with E-state index >= 15 is 0 Å². The second kappa shape index (κ2) is 5.91. The molecule has 0 aliphatic heterocycles. The molecule has 0 aliphatic rings. The van der Waals surface area contributed by atoms with E-state index in [1.54, 1.807) is 0 Å². The van der Waals surface area contributed by atoms with E-state index in [4.69, 9.17) is 4.74 Å². The zero-order chi connectivity index (χ0) is 12.1. The number of ether oxygens (including phenoxy) is 1. The molecule has 0 rings (SSSR count). The number of esters is 1. The van der Waals surface area contributed by atoms with Crippen molar-refractivity contribution in [2.45, 2.75) is 46.3 Å². The van der Waals surface area contributed by atoms with Crippen molar-refractivity contribution in [3.63, 3.8) is 0 Å². The minimum absolute atomic E-state index is 0.278. The van der Waals surface area contributed by atoms with Gasteiger partial charge < -0.3 is 9.64 Å². The van der Waals surface area contributed by atoms with Crippen LogP contribution in [0.2, 0.25) is 0 Å². The van der Waals surface area contributed by atoms with E-state index in [9.17, 15) is 4.79 Å². The Bertz CT molecular complexity index is 226. The molecule has 0 amide bonds. The average molecular weight is 213 g/mol. The van der Waals surface area contributed by atoms with Crippen LogP contribution in [0.1, 0.15) is 34.6 Å². The van der Waals surface area contributed by atoms with E-state index in [0.717, 1.165) is 6.54 Å². The summed E-state index contributed by atoms with van der Waals surface area (Å²) in [5.41, 5.74) is -0.411. The Morgan fingerprint density at radius 1 is 1.40 bits per heavy atom. The molecule has 0 bridgehead atoms. The highest BCUT2D eigenvalue weighted by molar-refractivity contribution is 5.82. The molecule has 88 valence electrons. The van der Waals surface area contributed by atoms with Crippen molar-refractivity contribution in [1.82, 2.24) is 4.90 Å². The van der Waals surface area contributed by atoms with Gasteiger partial charge in [-0.3, -0.25) is 0 Å². The number of rotatable bonds is 4. The van der Waals surface area contributed by atoms with Crippen LogP contribution in [0.4, 0.5) is 0 Å². The summed E-state index contributed by atoms with van der Waals surface area (Å²) in [6.07, 6.45) is 3.32. The summed E-state index contributed by atoms with van der Waals surface area (Å²) in [5, 5.41) is 0. The molecule has 0 atom stereocenters. The Balaban J connectivity index is 3.93. The van der Waals surface area contributed by atoms with E-state index in [2.05, 4.69) is 18.7 Å². The third-order valence-electron chi connectivity index (χ3n) is 1.94. The van der Waals surface area contributed by atoms with Gasteiger partial charge in [0.1, 0.15) is 5.60 Å². The predicted molar refractivity (Wildman–Crippen MR) is 62.8 cm³/mol. The zero-order valence-electron chi connectivity index (χ0n) is 10.7. The third-order valence-corrected chi connectivity index (χ3v) is 1.94. The third kappa shape index (κ3) is 8.18. The van der Waals surface area contributed by atoms with Crippen LogP contribution in [0.3, 0.4) is 0 Å².